The van der Waals surface area contributed by atoms with Crippen LogP contribution in [0.25, 0.3) is 0 Å². The van der Waals surface area contributed by atoms with Gasteiger partial charge in [-0.1, -0.05) is 0 Å². The average Bonchev–Trinajstić information content (AvgIpc) is 2.91. The molecule has 0 aromatic carbocycles. The Kier molecular flexibility index (Phi) is 4.27. The van der Waals surface area contributed by atoms with Gasteiger partial charge in [-0.15, -0.1) is 0 Å². The molecule has 2 saturated heterocycles. The molecule has 21 heavy (non-hydrogen) atoms. The Balaban J connectivity index is 1.88. The third-order valence-electron chi connectivity index (χ3n) is 3.80. The van der Waals surface area contributed by atoms with Crippen LogP contribution in [-0.2, 0) is 37.8 Å². The summed E-state index contributed by atoms with van der Waals surface area (Å²) < 4.78 is 42.4. The van der Waals surface area contributed by atoms with Gasteiger partial charge >= 0.3 is 22.3 Å². The molecule has 2 rings (SSSR count). The van der Waals surface area contributed by atoms with Crippen LogP contribution in [0.15, 0.2) is 0 Å². The lowest BCUT2D eigenvalue weighted by Crippen LogP contribution is -2.33. The molecule has 0 saturated carbocycles. The minimum atomic E-state index is -4.30. The molecule has 0 N–H and O–H groups in total. The van der Waals surface area contributed by atoms with Gasteiger partial charge in [0, 0.05) is 0 Å². The molecule has 0 aliphatic carbocycles. The molecule has 2 heterocycles. The Bertz CT molecular complexity index is 499. The lowest BCUT2D eigenvalue weighted by Gasteiger charge is -2.20. The molecular formula is C12H18O8S. The van der Waals surface area contributed by atoms with E-state index in [2.05, 4.69) is 0 Å². The smallest absolute Gasteiger partial charge is 0.399 e. The lowest BCUT2D eigenvalue weighted by molar-refractivity contribution is -0.147. The Morgan fingerprint density at radius 3 is 1.62 bits per heavy atom. The first-order valence-electron chi connectivity index (χ1n) is 6.55. The van der Waals surface area contributed by atoms with E-state index in [0.29, 0.717) is 12.8 Å². The molecule has 0 aromatic heterocycles. The summed E-state index contributed by atoms with van der Waals surface area (Å²) in [6.45, 7) is 2.90. The fourth-order valence-corrected chi connectivity index (χ4v) is 2.87. The number of cyclic esters (lactones) is 2. The third-order valence-corrected chi connectivity index (χ3v) is 4.62. The van der Waals surface area contributed by atoms with Crippen LogP contribution in [0.1, 0.15) is 26.7 Å². The van der Waals surface area contributed by atoms with Crippen molar-refractivity contribution in [2.45, 2.75) is 26.7 Å². The van der Waals surface area contributed by atoms with E-state index < -0.39 is 33.2 Å². The first kappa shape index (κ1) is 16.2. The first-order chi connectivity index (χ1) is 9.67. The Morgan fingerprint density at radius 1 is 0.952 bits per heavy atom. The molecule has 0 spiro atoms. The van der Waals surface area contributed by atoms with Gasteiger partial charge in [-0.2, -0.15) is 8.42 Å². The zero-order chi connectivity index (χ0) is 15.7. The van der Waals surface area contributed by atoms with Crippen LogP contribution in [0.4, 0.5) is 0 Å². The van der Waals surface area contributed by atoms with Gasteiger partial charge in [-0.3, -0.25) is 9.59 Å². The lowest BCUT2D eigenvalue weighted by atomic mass is 9.91. The molecular weight excluding hydrogens is 304 g/mol. The van der Waals surface area contributed by atoms with Gasteiger partial charge in [-0.05, 0) is 26.7 Å². The fraction of sp³-hybridized carbons (Fsp3) is 0.833. The normalized spacial score (nSPS) is 33.0. The second-order valence-corrected chi connectivity index (χ2v) is 7.11. The molecule has 0 radical (unpaired) electrons. The van der Waals surface area contributed by atoms with Gasteiger partial charge < -0.3 is 9.47 Å². The van der Waals surface area contributed by atoms with E-state index in [1.54, 1.807) is 13.8 Å². The highest BCUT2D eigenvalue weighted by Gasteiger charge is 2.44. The SMILES string of the molecule is CC1(COS(=O)(=O)OCC2(C)CCOC2=O)CCOC1=O. The molecule has 0 bridgehead atoms. The zero-order valence-corrected chi connectivity index (χ0v) is 12.7. The molecule has 2 aliphatic rings. The van der Waals surface area contributed by atoms with Crippen LogP contribution in [0.5, 0.6) is 0 Å². The van der Waals surface area contributed by atoms with Crippen molar-refractivity contribution >= 4 is 22.3 Å². The van der Waals surface area contributed by atoms with Crippen molar-refractivity contribution in [3.05, 3.63) is 0 Å². The van der Waals surface area contributed by atoms with Gasteiger partial charge in [0.25, 0.3) is 0 Å². The monoisotopic (exact) mass is 322 g/mol. The van der Waals surface area contributed by atoms with Gasteiger partial charge in [-0.25, -0.2) is 8.37 Å². The Morgan fingerprint density at radius 2 is 1.33 bits per heavy atom. The Hall–Kier alpha value is -1.19. The maximum absolute atomic E-state index is 11.7. The van der Waals surface area contributed by atoms with Crippen LogP contribution < -0.4 is 0 Å². The zero-order valence-electron chi connectivity index (χ0n) is 11.9. The first-order valence-corrected chi connectivity index (χ1v) is 7.89. The summed E-state index contributed by atoms with van der Waals surface area (Å²) in [5, 5.41) is 0. The van der Waals surface area contributed by atoms with E-state index in [1.807, 2.05) is 0 Å². The highest BCUT2D eigenvalue weighted by molar-refractivity contribution is 7.81. The summed E-state index contributed by atoms with van der Waals surface area (Å²) in [6.07, 6.45) is 0.761. The predicted molar refractivity (Wildman–Crippen MR) is 68.2 cm³/mol. The molecule has 0 amide bonds. The number of esters is 2. The summed E-state index contributed by atoms with van der Waals surface area (Å²) in [5.41, 5.74) is -1.99. The highest BCUT2D eigenvalue weighted by Crippen LogP contribution is 2.32. The molecule has 2 unspecified atom stereocenters. The predicted octanol–water partition coefficient (Wildman–Crippen LogP) is 0.171. The van der Waals surface area contributed by atoms with E-state index in [-0.39, 0.29) is 26.4 Å². The number of ether oxygens (including phenoxy) is 2. The van der Waals surface area contributed by atoms with Gasteiger partial charge in [0.1, 0.15) is 0 Å². The topological polar surface area (TPSA) is 105 Å². The van der Waals surface area contributed by atoms with Gasteiger partial charge in [0.05, 0.1) is 37.3 Å². The number of carbonyl (C=O) groups is 2. The summed E-state index contributed by atoms with van der Waals surface area (Å²) >= 11 is 0. The highest BCUT2D eigenvalue weighted by atomic mass is 32.3. The van der Waals surface area contributed by atoms with Crippen molar-refractivity contribution in [1.29, 1.82) is 0 Å². The number of carbonyl (C=O) groups excluding carboxylic acids is 2. The molecule has 120 valence electrons. The van der Waals surface area contributed by atoms with E-state index in [9.17, 15) is 18.0 Å². The second-order valence-electron chi connectivity index (χ2n) is 5.83. The van der Waals surface area contributed by atoms with Crippen LogP contribution in [0.2, 0.25) is 0 Å². The maximum atomic E-state index is 11.7. The molecule has 2 atom stereocenters. The van der Waals surface area contributed by atoms with Crippen molar-refractivity contribution < 1.29 is 35.8 Å². The van der Waals surface area contributed by atoms with Crippen LogP contribution in [-0.4, -0.2) is 46.8 Å². The van der Waals surface area contributed by atoms with E-state index in [1.165, 1.54) is 0 Å². The minimum Gasteiger partial charge on any atom is -0.465 e. The quantitative estimate of drug-likeness (QED) is 0.637. The van der Waals surface area contributed by atoms with Crippen molar-refractivity contribution in [3.63, 3.8) is 0 Å². The molecule has 0 aromatic rings. The molecule has 9 heteroatoms. The van der Waals surface area contributed by atoms with Crippen LogP contribution >= 0.6 is 0 Å². The number of rotatable bonds is 6. The average molecular weight is 322 g/mol. The standard InChI is InChI=1S/C12H18O8S/c1-11(3-5-17-9(11)13)7-19-21(15,16)20-8-12(2)4-6-18-10(12)14/h3-8H2,1-2H3. The van der Waals surface area contributed by atoms with Crippen LogP contribution in [0.3, 0.4) is 0 Å². The minimum absolute atomic E-state index is 0.240. The second kappa shape index (κ2) is 5.54. The molecule has 2 fully saturated rings. The molecule has 2 aliphatic heterocycles. The van der Waals surface area contributed by atoms with Crippen molar-refractivity contribution in [2.24, 2.45) is 10.8 Å². The number of hydrogen-bond acceptors (Lipinski definition) is 8. The van der Waals surface area contributed by atoms with E-state index in [0.717, 1.165) is 0 Å². The summed E-state index contributed by atoms with van der Waals surface area (Å²) in [4.78, 5) is 22.9. The third kappa shape index (κ3) is 3.53. The van der Waals surface area contributed by atoms with E-state index in [4.69, 9.17) is 17.8 Å². The van der Waals surface area contributed by atoms with Crippen molar-refractivity contribution in [3.8, 4) is 0 Å². The Labute approximate surface area is 123 Å². The van der Waals surface area contributed by atoms with E-state index >= 15 is 0 Å². The summed E-state index contributed by atoms with van der Waals surface area (Å²) in [7, 11) is -4.30. The fourth-order valence-electron chi connectivity index (χ4n) is 1.99. The summed E-state index contributed by atoms with van der Waals surface area (Å²) in [6, 6.07) is 0. The van der Waals surface area contributed by atoms with Gasteiger partial charge in [0.2, 0.25) is 0 Å². The van der Waals surface area contributed by atoms with Gasteiger partial charge in [0.15, 0.2) is 0 Å². The van der Waals surface area contributed by atoms with Crippen molar-refractivity contribution in [1.82, 2.24) is 0 Å². The van der Waals surface area contributed by atoms with Crippen molar-refractivity contribution in [2.75, 3.05) is 26.4 Å². The maximum Gasteiger partial charge on any atom is 0.399 e. The largest absolute Gasteiger partial charge is 0.465 e. The van der Waals surface area contributed by atoms with Crippen LogP contribution in [0, 0.1) is 10.8 Å². The summed E-state index contributed by atoms with van der Waals surface area (Å²) in [5.74, 6) is -0.993. The number of hydrogen-bond donors (Lipinski definition) is 0. The molecule has 8 nitrogen and oxygen atoms in total.